The highest BCUT2D eigenvalue weighted by Crippen LogP contribution is 2.43. The van der Waals surface area contributed by atoms with Crippen LogP contribution in [-0.2, 0) is 23.1 Å². The van der Waals surface area contributed by atoms with E-state index in [1.165, 1.54) is 0 Å². The second-order valence-electron chi connectivity index (χ2n) is 10.3. The summed E-state index contributed by atoms with van der Waals surface area (Å²) in [6, 6.07) is 13.1. The van der Waals surface area contributed by atoms with Crippen molar-refractivity contribution in [2.24, 2.45) is 13.0 Å². The number of carbonyl (C=O) groups excluding carboxylic acids is 1. The van der Waals surface area contributed by atoms with Crippen molar-refractivity contribution < 1.29 is 24.2 Å². The number of likely N-dealkylation sites (tertiary alicyclic amines) is 1. The van der Waals surface area contributed by atoms with Crippen molar-refractivity contribution in [3.05, 3.63) is 72.3 Å². The van der Waals surface area contributed by atoms with Crippen molar-refractivity contribution in [1.29, 1.82) is 0 Å². The summed E-state index contributed by atoms with van der Waals surface area (Å²) >= 11 is 0. The number of rotatable bonds is 11. The standard InChI is InChI=1S/C30H36N4O5/c1-3-4-15-34(23-7-5-13-31-17-23)28(35)19-33-18-24(21-9-12-26-27(16-21)39-20-38-26)29(30(36)37)25(33)11-10-22-8-6-14-32(22)2/h5-9,12-14,16-17,24-25,29H,3-4,10-11,15,18-20H2,1-2H3,(H,36,37)/t24-,25+,29?/m1/s1. The molecule has 9 nitrogen and oxygen atoms in total. The zero-order valence-electron chi connectivity index (χ0n) is 22.5. The van der Waals surface area contributed by atoms with E-state index in [-0.39, 0.29) is 31.2 Å². The molecule has 0 saturated carbocycles. The molecule has 2 aromatic heterocycles. The summed E-state index contributed by atoms with van der Waals surface area (Å²) in [5.41, 5.74) is 2.79. The zero-order chi connectivity index (χ0) is 27.4. The summed E-state index contributed by atoms with van der Waals surface area (Å²) in [6.45, 7) is 3.46. The average Bonchev–Trinajstić information content (AvgIpc) is 3.66. The molecule has 1 saturated heterocycles. The molecule has 0 bridgehead atoms. The SMILES string of the molecule is CCCCN(C(=O)CN1C[C@H](c2ccc3c(c2)OCO3)C(C(=O)O)[C@@H]1CCc1cccn1C)c1cccnc1. The van der Waals surface area contributed by atoms with Crippen LogP contribution in [0.15, 0.2) is 61.1 Å². The molecule has 1 amide bonds. The Morgan fingerprint density at radius 3 is 2.72 bits per heavy atom. The molecule has 3 atom stereocenters. The lowest BCUT2D eigenvalue weighted by atomic mass is 9.83. The average molecular weight is 533 g/mol. The predicted molar refractivity (Wildman–Crippen MR) is 147 cm³/mol. The maximum Gasteiger partial charge on any atom is 0.308 e. The van der Waals surface area contributed by atoms with Gasteiger partial charge in [-0.15, -0.1) is 0 Å². The van der Waals surface area contributed by atoms with Crippen molar-refractivity contribution >= 4 is 17.6 Å². The highest BCUT2D eigenvalue weighted by atomic mass is 16.7. The number of aromatic nitrogens is 2. The van der Waals surface area contributed by atoms with Crippen LogP contribution in [0.1, 0.15) is 43.4 Å². The van der Waals surface area contributed by atoms with Gasteiger partial charge >= 0.3 is 5.97 Å². The van der Waals surface area contributed by atoms with E-state index in [1.807, 2.05) is 49.6 Å². The number of carbonyl (C=O) groups is 2. The lowest BCUT2D eigenvalue weighted by molar-refractivity contribution is -0.143. The van der Waals surface area contributed by atoms with Gasteiger partial charge in [0.15, 0.2) is 11.5 Å². The van der Waals surface area contributed by atoms with Gasteiger partial charge in [-0.1, -0.05) is 19.4 Å². The number of fused-ring (bicyclic) bond motifs is 1. The van der Waals surface area contributed by atoms with Crippen LogP contribution in [0, 0.1) is 5.92 Å². The van der Waals surface area contributed by atoms with Crippen molar-refractivity contribution in [3.8, 4) is 11.5 Å². The fourth-order valence-electron chi connectivity index (χ4n) is 5.87. The first-order chi connectivity index (χ1) is 19.0. The molecule has 1 N–H and O–H groups in total. The van der Waals surface area contributed by atoms with Gasteiger partial charge in [-0.2, -0.15) is 0 Å². The second-order valence-corrected chi connectivity index (χ2v) is 10.3. The summed E-state index contributed by atoms with van der Waals surface area (Å²) in [7, 11) is 1.99. The first-order valence-electron chi connectivity index (χ1n) is 13.6. The second kappa shape index (κ2) is 11.9. The number of carboxylic acid groups (broad SMARTS) is 1. The Morgan fingerprint density at radius 2 is 2.00 bits per heavy atom. The number of aliphatic carboxylic acids is 1. The summed E-state index contributed by atoms with van der Waals surface area (Å²) in [5.74, 6) is -0.546. The Balaban J connectivity index is 1.44. The number of hydrogen-bond acceptors (Lipinski definition) is 6. The van der Waals surface area contributed by atoms with E-state index in [2.05, 4.69) is 27.4 Å². The number of aryl methyl sites for hydroxylation is 2. The highest BCUT2D eigenvalue weighted by Gasteiger charge is 2.47. The minimum Gasteiger partial charge on any atom is -0.481 e. The third kappa shape index (κ3) is 5.78. The van der Waals surface area contributed by atoms with Crippen LogP contribution in [-0.4, -0.2) is 63.9 Å². The third-order valence-corrected chi connectivity index (χ3v) is 7.94. The summed E-state index contributed by atoms with van der Waals surface area (Å²) in [4.78, 5) is 34.7. The van der Waals surface area contributed by atoms with Gasteiger partial charge in [-0.3, -0.25) is 19.5 Å². The Morgan fingerprint density at radius 1 is 1.15 bits per heavy atom. The monoisotopic (exact) mass is 532 g/mol. The number of anilines is 1. The number of pyridine rings is 1. The van der Waals surface area contributed by atoms with Crippen LogP contribution in [0.25, 0.3) is 0 Å². The minimum absolute atomic E-state index is 0.0456. The number of nitrogens with zero attached hydrogens (tertiary/aromatic N) is 4. The lowest BCUT2D eigenvalue weighted by Gasteiger charge is -2.29. The van der Waals surface area contributed by atoms with Crippen LogP contribution in [0.5, 0.6) is 11.5 Å². The number of unbranched alkanes of at least 4 members (excludes halogenated alkanes) is 1. The molecule has 2 aliphatic heterocycles. The molecule has 39 heavy (non-hydrogen) atoms. The molecule has 9 heteroatoms. The van der Waals surface area contributed by atoms with Crippen molar-refractivity contribution in [2.75, 3.05) is 31.3 Å². The highest BCUT2D eigenvalue weighted by molar-refractivity contribution is 5.94. The Labute approximate surface area is 229 Å². The van der Waals surface area contributed by atoms with E-state index in [4.69, 9.17) is 9.47 Å². The molecule has 2 aliphatic rings. The van der Waals surface area contributed by atoms with Gasteiger partial charge in [-0.25, -0.2) is 0 Å². The smallest absolute Gasteiger partial charge is 0.308 e. The van der Waals surface area contributed by atoms with Crippen LogP contribution in [0.3, 0.4) is 0 Å². The van der Waals surface area contributed by atoms with Crippen LogP contribution in [0.4, 0.5) is 5.69 Å². The molecule has 1 fully saturated rings. The fraction of sp³-hybridized carbons (Fsp3) is 0.433. The van der Waals surface area contributed by atoms with Crippen molar-refractivity contribution in [1.82, 2.24) is 14.5 Å². The number of amides is 1. The Hall–Kier alpha value is -3.85. The summed E-state index contributed by atoms with van der Waals surface area (Å²) < 4.78 is 13.1. The number of carboxylic acids is 1. The van der Waals surface area contributed by atoms with Crippen LogP contribution in [0.2, 0.25) is 0 Å². The molecule has 4 heterocycles. The number of ether oxygens (including phenoxy) is 2. The molecule has 3 aromatic rings. The van der Waals surface area contributed by atoms with E-state index >= 15 is 0 Å². The summed E-state index contributed by atoms with van der Waals surface area (Å²) in [6.07, 6.45) is 8.58. The van der Waals surface area contributed by atoms with E-state index in [9.17, 15) is 14.7 Å². The maximum atomic E-state index is 13.8. The molecule has 1 unspecified atom stereocenters. The fourth-order valence-corrected chi connectivity index (χ4v) is 5.87. The molecule has 0 aliphatic carbocycles. The first-order valence-corrected chi connectivity index (χ1v) is 13.6. The van der Waals surface area contributed by atoms with Crippen molar-refractivity contribution in [2.45, 2.75) is 44.6 Å². The lowest BCUT2D eigenvalue weighted by Crippen LogP contribution is -2.44. The van der Waals surface area contributed by atoms with E-state index < -0.39 is 11.9 Å². The van der Waals surface area contributed by atoms with Gasteiger partial charge in [0.05, 0.1) is 24.3 Å². The molecule has 206 valence electrons. The molecule has 1 aromatic carbocycles. The van der Waals surface area contributed by atoms with Crippen LogP contribution >= 0.6 is 0 Å². The van der Waals surface area contributed by atoms with Gasteiger partial charge in [0, 0.05) is 50.2 Å². The molecular formula is C30H36N4O5. The minimum atomic E-state index is -0.848. The Bertz CT molecular complexity index is 1290. The van der Waals surface area contributed by atoms with Gasteiger partial charge in [0.25, 0.3) is 0 Å². The normalized spacial score (nSPS) is 20.3. The molecular weight excluding hydrogens is 496 g/mol. The quantitative estimate of drug-likeness (QED) is 0.397. The molecule has 0 spiro atoms. The maximum absolute atomic E-state index is 13.8. The zero-order valence-corrected chi connectivity index (χ0v) is 22.5. The molecule has 5 rings (SSSR count). The number of hydrogen-bond donors (Lipinski definition) is 1. The van der Waals surface area contributed by atoms with Gasteiger partial charge in [0.2, 0.25) is 12.7 Å². The topological polar surface area (TPSA) is 97.1 Å². The largest absolute Gasteiger partial charge is 0.481 e. The predicted octanol–water partition coefficient (Wildman–Crippen LogP) is 4.08. The van der Waals surface area contributed by atoms with Gasteiger partial charge in [-0.05, 0) is 61.2 Å². The third-order valence-electron chi connectivity index (χ3n) is 7.94. The number of benzene rings is 1. The van der Waals surface area contributed by atoms with E-state index in [0.717, 1.165) is 36.2 Å². The van der Waals surface area contributed by atoms with Crippen LogP contribution < -0.4 is 14.4 Å². The van der Waals surface area contributed by atoms with Gasteiger partial charge in [0.1, 0.15) is 0 Å². The molecule has 0 radical (unpaired) electrons. The van der Waals surface area contributed by atoms with Crippen molar-refractivity contribution in [3.63, 3.8) is 0 Å². The van der Waals surface area contributed by atoms with E-state index in [1.54, 1.807) is 17.3 Å². The van der Waals surface area contributed by atoms with Gasteiger partial charge < -0.3 is 24.0 Å². The Kier molecular flexibility index (Phi) is 8.16. The summed E-state index contributed by atoms with van der Waals surface area (Å²) in [5, 5.41) is 10.5. The van der Waals surface area contributed by atoms with E-state index in [0.29, 0.717) is 31.0 Å². The first kappa shape index (κ1) is 26.7.